The molecule has 2 unspecified atom stereocenters. The summed E-state index contributed by atoms with van der Waals surface area (Å²) in [6, 6.07) is 3.61. The Hall–Kier alpha value is -0.500. The molecular formula is C11H18N2O2S3. The van der Waals surface area contributed by atoms with E-state index in [4.69, 9.17) is 18.0 Å². The van der Waals surface area contributed by atoms with Crippen molar-refractivity contribution in [3.63, 3.8) is 0 Å². The number of sulfonamides is 1. The lowest BCUT2D eigenvalue weighted by atomic mass is 10.3. The lowest BCUT2D eigenvalue weighted by Crippen LogP contribution is -2.43. The Morgan fingerprint density at radius 2 is 2.22 bits per heavy atom. The maximum Gasteiger partial charge on any atom is 0.223 e. The average Bonchev–Trinajstić information content (AvgIpc) is 2.80. The van der Waals surface area contributed by atoms with Gasteiger partial charge in [0.2, 0.25) is 10.0 Å². The zero-order valence-corrected chi connectivity index (χ0v) is 13.1. The molecule has 0 fully saturated rings. The van der Waals surface area contributed by atoms with Crippen LogP contribution < -0.4 is 5.73 Å². The summed E-state index contributed by atoms with van der Waals surface area (Å²) in [6.07, 6.45) is 0.388. The number of rotatable bonds is 6. The molecule has 0 aromatic carbocycles. The van der Waals surface area contributed by atoms with E-state index in [0.29, 0.717) is 6.42 Å². The van der Waals surface area contributed by atoms with Crippen molar-refractivity contribution in [2.75, 3.05) is 7.05 Å². The molecule has 0 spiro atoms. The molecular weight excluding hydrogens is 288 g/mol. The van der Waals surface area contributed by atoms with Crippen molar-refractivity contribution < 1.29 is 8.42 Å². The van der Waals surface area contributed by atoms with Gasteiger partial charge >= 0.3 is 0 Å². The minimum Gasteiger partial charge on any atom is -0.392 e. The van der Waals surface area contributed by atoms with Crippen LogP contribution in [0.1, 0.15) is 31.2 Å². The van der Waals surface area contributed by atoms with E-state index >= 15 is 0 Å². The Morgan fingerprint density at radius 1 is 1.61 bits per heavy atom. The summed E-state index contributed by atoms with van der Waals surface area (Å²) >= 11 is 6.38. The molecule has 0 aliphatic carbocycles. The van der Waals surface area contributed by atoms with Crippen LogP contribution in [0.3, 0.4) is 0 Å². The minimum absolute atomic E-state index is 0.0303. The van der Waals surface area contributed by atoms with Crippen LogP contribution in [0.15, 0.2) is 17.5 Å². The number of nitrogens with two attached hydrogens (primary N) is 1. The van der Waals surface area contributed by atoms with Crippen LogP contribution in [-0.4, -0.2) is 30.0 Å². The molecule has 0 amide bonds. The molecule has 2 N–H and O–H groups in total. The number of hydrogen-bond donors (Lipinski definition) is 1. The summed E-state index contributed by atoms with van der Waals surface area (Å²) in [4.78, 5) is 1.03. The van der Waals surface area contributed by atoms with Crippen molar-refractivity contribution in [2.45, 2.75) is 31.6 Å². The van der Waals surface area contributed by atoms with Crippen LogP contribution in [0.4, 0.5) is 0 Å². The third kappa shape index (κ3) is 3.09. The molecule has 102 valence electrons. The first-order valence-corrected chi connectivity index (χ1v) is 8.41. The van der Waals surface area contributed by atoms with E-state index in [1.807, 2.05) is 24.4 Å². The van der Waals surface area contributed by atoms with E-state index in [-0.39, 0.29) is 11.0 Å². The summed E-state index contributed by atoms with van der Waals surface area (Å²) in [5, 5.41) is 1.14. The Morgan fingerprint density at radius 3 is 2.61 bits per heavy atom. The first kappa shape index (κ1) is 15.6. The van der Waals surface area contributed by atoms with Gasteiger partial charge in [0, 0.05) is 11.9 Å². The van der Waals surface area contributed by atoms with Gasteiger partial charge in [-0.05, 0) is 24.8 Å². The van der Waals surface area contributed by atoms with E-state index in [1.54, 1.807) is 14.0 Å². The molecule has 0 radical (unpaired) electrons. The fraction of sp³-hybridized carbons (Fsp3) is 0.545. The number of thiophene rings is 1. The molecule has 18 heavy (non-hydrogen) atoms. The van der Waals surface area contributed by atoms with Gasteiger partial charge < -0.3 is 5.73 Å². The Balaban J connectivity index is 3.01. The van der Waals surface area contributed by atoms with Crippen molar-refractivity contribution in [1.29, 1.82) is 0 Å². The normalized spacial score (nSPS) is 15.6. The third-order valence-corrected chi connectivity index (χ3v) is 6.85. The summed E-state index contributed by atoms with van der Waals surface area (Å²) < 4.78 is 26.2. The molecule has 1 heterocycles. The highest BCUT2D eigenvalue weighted by Crippen LogP contribution is 2.27. The van der Waals surface area contributed by atoms with Gasteiger partial charge in [-0.3, -0.25) is 0 Å². The van der Waals surface area contributed by atoms with Crippen LogP contribution >= 0.6 is 23.6 Å². The standard InChI is InChI=1S/C11H18N2O2S3/c1-4-10(11(12)16)18(14,15)13(3)8(2)9-6-5-7-17-9/h5-8,10H,4H2,1-3H3,(H2,12,16). The maximum atomic E-state index is 12.4. The number of nitrogens with zero attached hydrogens (tertiary/aromatic N) is 1. The maximum absolute atomic E-state index is 12.4. The summed E-state index contributed by atoms with van der Waals surface area (Å²) in [5.41, 5.74) is 5.52. The minimum atomic E-state index is -3.50. The molecule has 0 bridgehead atoms. The molecule has 2 atom stereocenters. The van der Waals surface area contributed by atoms with E-state index < -0.39 is 15.3 Å². The van der Waals surface area contributed by atoms with Crippen LogP contribution in [0, 0.1) is 0 Å². The quantitative estimate of drug-likeness (QED) is 0.818. The van der Waals surface area contributed by atoms with Gasteiger partial charge in [0.25, 0.3) is 0 Å². The molecule has 4 nitrogen and oxygen atoms in total. The molecule has 0 saturated carbocycles. The first-order chi connectivity index (χ1) is 8.32. The van der Waals surface area contributed by atoms with Gasteiger partial charge in [-0.15, -0.1) is 11.3 Å². The van der Waals surface area contributed by atoms with E-state index in [1.165, 1.54) is 15.6 Å². The van der Waals surface area contributed by atoms with Crippen molar-refractivity contribution in [1.82, 2.24) is 4.31 Å². The van der Waals surface area contributed by atoms with E-state index in [2.05, 4.69) is 0 Å². The van der Waals surface area contributed by atoms with Crippen LogP contribution in [0.5, 0.6) is 0 Å². The fourth-order valence-electron chi connectivity index (χ4n) is 1.69. The van der Waals surface area contributed by atoms with Gasteiger partial charge in [-0.2, -0.15) is 4.31 Å². The van der Waals surface area contributed by atoms with Crippen molar-refractivity contribution in [2.24, 2.45) is 5.73 Å². The molecule has 0 aliphatic heterocycles. The fourth-order valence-corrected chi connectivity index (χ4v) is 4.78. The zero-order valence-electron chi connectivity index (χ0n) is 10.7. The van der Waals surface area contributed by atoms with Crippen LogP contribution in [-0.2, 0) is 10.0 Å². The molecule has 0 aliphatic rings. The molecule has 7 heteroatoms. The van der Waals surface area contributed by atoms with Crippen LogP contribution in [0.2, 0.25) is 0 Å². The van der Waals surface area contributed by atoms with Crippen molar-refractivity contribution in [3.05, 3.63) is 22.4 Å². The van der Waals surface area contributed by atoms with Gasteiger partial charge in [0.05, 0.1) is 11.0 Å². The van der Waals surface area contributed by atoms with E-state index in [9.17, 15) is 8.42 Å². The Kier molecular flexibility index (Phi) is 5.27. The first-order valence-electron chi connectivity index (χ1n) is 5.62. The smallest absolute Gasteiger partial charge is 0.223 e. The lowest BCUT2D eigenvalue weighted by Gasteiger charge is -2.27. The third-order valence-electron chi connectivity index (χ3n) is 2.95. The Labute approximate surface area is 118 Å². The van der Waals surface area contributed by atoms with E-state index in [0.717, 1.165) is 4.88 Å². The highest BCUT2D eigenvalue weighted by Gasteiger charge is 2.33. The zero-order chi connectivity index (χ0) is 13.9. The Bertz CT molecular complexity index is 496. The van der Waals surface area contributed by atoms with Gasteiger partial charge in [0.15, 0.2) is 0 Å². The predicted molar refractivity (Wildman–Crippen MR) is 80.3 cm³/mol. The van der Waals surface area contributed by atoms with Crippen molar-refractivity contribution in [3.8, 4) is 0 Å². The summed E-state index contributed by atoms with van der Waals surface area (Å²) in [5.74, 6) is 0. The highest BCUT2D eigenvalue weighted by atomic mass is 32.2. The molecule has 0 saturated heterocycles. The lowest BCUT2D eigenvalue weighted by molar-refractivity contribution is 0.399. The van der Waals surface area contributed by atoms with Gasteiger partial charge in [-0.1, -0.05) is 25.2 Å². The average molecular weight is 306 g/mol. The van der Waals surface area contributed by atoms with Gasteiger partial charge in [-0.25, -0.2) is 8.42 Å². The van der Waals surface area contributed by atoms with Crippen molar-refractivity contribution >= 4 is 38.6 Å². The summed E-state index contributed by atoms with van der Waals surface area (Å²) in [6.45, 7) is 3.63. The second kappa shape index (κ2) is 6.10. The monoisotopic (exact) mass is 306 g/mol. The predicted octanol–water partition coefficient (Wildman–Crippen LogP) is 2.14. The van der Waals surface area contributed by atoms with Gasteiger partial charge in [0.1, 0.15) is 5.25 Å². The molecule has 1 aromatic rings. The summed E-state index contributed by atoms with van der Waals surface area (Å²) in [7, 11) is -1.93. The number of hydrogen-bond acceptors (Lipinski definition) is 4. The highest BCUT2D eigenvalue weighted by molar-refractivity contribution is 7.92. The molecule has 1 aromatic heterocycles. The second-order valence-corrected chi connectivity index (χ2v) is 7.68. The largest absolute Gasteiger partial charge is 0.392 e. The molecule has 1 rings (SSSR count). The topological polar surface area (TPSA) is 63.4 Å². The second-order valence-electron chi connectivity index (χ2n) is 4.05. The SMILES string of the molecule is CCC(C(N)=S)S(=O)(=O)N(C)C(C)c1cccs1. The van der Waals surface area contributed by atoms with Crippen LogP contribution in [0.25, 0.3) is 0 Å². The number of thiocarbonyl (C=S) groups is 1.